The van der Waals surface area contributed by atoms with Gasteiger partial charge >= 0.3 is 0 Å². The highest BCUT2D eigenvalue weighted by Crippen LogP contribution is 2.17. The SMILES string of the molecule is CC1CCCCCN1C(=O)c1nc(N)n[nH]1. The van der Waals surface area contributed by atoms with E-state index in [1.54, 1.807) is 0 Å². The monoisotopic (exact) mass is 223 g/mol. The van der Waals surface area contributed by atoms with Crippen LogP contribution in [0.2, 0.25) is 0 Å². The predicted octanol–water partition coefficient (Wildman–Crippen LogP) is 0.792. The number of aromatic amines is 1. The van der Waals surface area contributed by atoms with Crippen LogP contribution in [-0.4, -0.2) is 38.6 Å². The van der Waals surface area contributed by atoms with Crippen LogP contribution < -0.4 is 5.73 Å². The summed E-state index contributed by atoms with van der Waals surface area (Å²) < 4.78 is 0. The molecular weight excluding hydrogens is 206 g/mol. The number of nitrogens with one attached hydrogen (secondary N) is 1. The van der Waals surface area contributed by atoms with Crippen molar-refractivity contribution in [3.05, 3.63) is 5.82 Å². The maximum absolute atomic E-state index is 12.1. The zero-order valence-corrected chi connectivity index (χ0v) is 9.44. The Kier molecular flexibility index (Phi) is 3.07. The first-order chi connectivity index (χ1) is 7.68. The normalized spacial score (nSPS) is 21.8. The van der Waals surface area contributed by atoms with Gasteiger partial charge in [0.1, 0.15) is 0 Å². The molecule has 1 fully saturated rings. The van der Waals surface area contributed by atoms with E-state index in [4.69, 9.17) is 5.73 Å². The molecular formula is C10H17N5O. The van der Waals surface area contributed by atoms with Crippen LogP contribution in [-0.2, 0) is 0 Å². The molecule has 1 unspecified atom stereocenters. The van der Waals surface area contributed by atoms with Gasteiger partial charge in [-0.1, -0.05) is 12.8 Å². The zero-order valence-electron chi connectivity index (χ0n) is 9.44. The molecule has 0 spiro atoms. The first-order valence-electron chi connectivity index (χ1n) is 5.67. The van der Waals surface area contributed by atoms with Crippen LogP contribution in [0.3, 0.4) is 0 Å². The van der Waals surface area contributed by atoms with E-state index in [2.05, 4.69) is 22.1 Å². The Balaban J connectivity index is 2.13. The van der Waals surface area contributed by atoms with Gasteiger partial charge in [0.25, 0.3) is 5.91 Å². The second kappa shape index (κ2) is 4.51. The van der Waals surface area contributed by atoms with Gasteiger partial charge < -0.3 is 10.6 Å². The van der Waals surface area contributed by atoms with Crippen molar-refractivity contribution in [3.8, 4) is 0 Å². The second-order valence-electron chi connectivity index (χ2n) is 4.24. The Morgan fingerprint density at radius 3 is 3.00 bits per heavy atom. The Hall–Kier alpha value is -1.59. The van der Waals surface area contributed by atoms with Crippen molar-refractivity contribution < 1.29 is 4.79 Å². The Bertz CT molecular complexity index is 375. The molecule has 1 aromatic rings. The molecule has 3 N–H and O–H groups in total. The molecule has 2 rings (SSSR count). The molecule has 1 saturated heterocycles. The number of nitrogen functional groups attached to an aromatic ring is 1. The zero-order chi connectivity index (χ0) is 11.5. The van der Waals surface area contributed by atoms with Crippen molar-refractivity contribution in [2.24, 2.45) is 0 Å². The highest BCUT2D eigenvalue weighted by atomic mass is 16.2. The number of aromatic nitrogens is 3. The summed E-state index contributed by atoms with van der Waals surface area (Å²) in [6.45, 7) is 2.86. The molecule has 1 aliphatic heterocycles. The molecule has 0 aromatic carbocycles. The van der Waals surface area contributed by atoms with Crippen molar-refractivity contribution in [2.45, 2.75) is 38.6 Å². The van der Waals surface area contributed by atoms with E-state index in [1.807, 2.05) is 4.90 Å². The summed E-state index contributed by atoms with van der Waals surface area (Å²) in [6, 6.07) is 0.265. The molecule has 6 heteroatoms. The lowest BCUT2D eigenvalue weighted by atomic mass is 10.1. The van der Waals surface area contributed by atoms with Crippen LogP contribution in [0.4, 0.5) is 5.95 Å². The highest BCUT2D eigenvalue weighted by Gasteiger charge is 2.25. The van der Waals surface area contributed by atoms with Crippen molar-refractivity contribution >= 4 is 11.9 Å². The third-order valence-electron chi connectivity index (χ3n) is 3.02. The fourth-order valence-corrected chi connectivity index (χ4v) is 2.08. The molecule has 1 amide bonds. The topological polar surface area (TPSA) is 87.9 Å². The van der Waals surface area contributed by atoms with Crippen molar-refractivity contribution in [1.82, 2.24) is 20.1 Å². The summed E-state index contributed by atoms with van der Waals surface area (Å²) in [7, 11) is 0. The summed E-state index contributed by atoms with van der Waals surface area (Å²) in [4.78, 5) is 17.8. The molecule has 88 valence electrons. The standard InChI is InChI=1S/C10H17N5O/c1-7-5-3-2-4-6-15(7)9(16)8-12-10(11)14-13-8/h7H,2-6H2,1H3,(H3,11,12,13,14). The summed E-state index contributed by atoms with van der Waals surface area (Å²) in [5.74, 6) is 0.260. The van der Waals surface area contributed by atoms with Gasteiger partial charge in [0.2, 0.25) is 11.8 Å². The lowest BCUT2D eigenvalue weighted by Crippen LogP contribution is -2.38. The number of nitrogens with two attached hydrogens (primary N) is 1. The fourth-order valence-electron chi connectivity index (χ4n) is 2.08. The smallest absolute Gasteiger partial charge is 0.291 e. The average molecular weight is 223 g/mol. The number of rotatable bonds is 1. The van der Waals surface area contributed by atoms with E-state index in [9.17, 15) is 4.79 Å². The van der Waals surface area contributed by atoms with Crippen molar-refractivity contribution in [1.29, 1.82) is 0 Å². The number of carbonyl (C=O) groups excluding carboxylic acids is 1. The minimum Gasteiger partial charge on any atom is -0.366 e. The summed E-state index contributed by atoms with van der Waals surface area (Å²) in [5.41, 5.74) is 5.39. The van der Waals surface area contributed by atoms with E-state index in [-0.39, 0.29) is 23.7 Å². The minimum absolute atomic E-state index is 0.0985. The molecule has 1 atom stereocenters. The highest BCUT2D eigenvalue weighted by molar-refractivity contribution is 5.90. The number of hydrogen-bond donors (Lipinski definition) is 2. The number of carbonyl (C=O) groups is 1. The van der Waals surface area contributed by atoms with Gasteiger partial charge in [-0.05, 0) is 19.8 Å². The average Bonchev–Trinajstić information content (AvgIpc) is 2.57. The molecule has 0 radical (unpaired) electrons. The third-order valence-corrected chi connectivity index (χ3v) is 3.02. The molecule has 0 saturated carbocycles. The van der Waals surface area contributed by atoms with Crippen LogP contribution in [0.1, 0.15) is 43.2 Å². The maximum atomic E-state index is 12.1. The number of amides is 1. The lowest BCUT2D eigenvalue weighted by molar-refractivity contribution is 0.0686. The van der Waals surface area contributed by atoms with E-state index < -0.39 is 0 Å². The summed E-state index contributed by atoms with van der Waals surface area (Å²) in [5, 5.41) is 6.24. The van der Waals surface area contributed by atoms with Crippen molar-refractivity contribution in [3.63, 3.8) is 0 Å². The third kappa shape index (κ3) is 2.15. The van der Waals surface area contributed by atoms with Crippen LogP contribution in [0, 0.1) is 0 Å². The number of anilines is 1. The van der Waals surface area contributed by atoms with Gasteiger partial charge in [-0.25, -0.2) is 0 Å². The Morgan fingerprint density at radius 1 is 1.50 bits per heavy atom. The molecule has 6 nitrogen and oxygen atoms in total. The Morgan fingerprint density at radius 2 is 2.31 bits per heavy atom. The fraction of sp³-hybridized carbons (Fsp3) is 0.700. The molecule has 0 aliphatic carbocycles. The van der Waals surface area contributed by atoms with Gasteiger partial charge in [0, 0.05) is 12.6 Å². The molecule has 1 aromatic heterocycles. The molecule has 1 aliphatic rings. The number of hydrogen-bond acceptors (Lipinski definition) is 4. The summed E-state index contributed by atoms with van der Waals surface area (Å²) >= 11 is 0. The quantitative estimate of drug-likeness (QED) is 0.736. The number of H-pyrrole nitrogens is 1. The van der Waals surface area contributed by atoms with Crippen LogP contribution >= 0.6 is 0 Å². The first kappa shape index (κ1) is 10.9. The van der Waals surface area contributed by atoms with Gasteiger partial charge in [-0.3, -0.25) is 9.89 Å². The van der Waals surface area contributed by atoms with E-state index >= 15 is 0 Å². The largest absolute Gasteiger partial charge is 0.366 e. The van der Waals surface area contributed by atoms with Gasteiger partial charge in [-0.2, -0.15) is 4.98 Å². The van der Waals surface area contributed by atoms with Crippen molar-refractivity contribution in [2.75, 3.05) is 12.3 Å². The van der Waals surface area contributed by atoms with E-state index in [0.29, 0.717) is 0 Å². The van der Waals surface area contributed by atoms with E-state index in [0.717, 1.165) is 19.4 Å². The number of nitrogens with zero attached hydrogens (tertiary/aromatic N) is 3. The molecule has 2 heterocycles. The maximum Gasteiger partial charge on any atom is 0.291 e. The molecule has 0 bridgehead atoms. The Labute approximate surface area is 94.2 Å². The van der Waals surface area contributed by atoms with E-state index in [1.165, 1.54) is 12.8 Å². The molecule has 16 heavy (non-hydrogen) atoms. The lowest BCUT2D eigenvalue weighted by Gasteiger charge is -2.25. The predicted molar refractivity (Wildman–Crippen MR) is 59.8 cm³/mol. The van der Waals surface area contributed by atoms with Gasteiger partial charge in [0.05, 0.1) is 0 Å². The van der Waals surface area contributed by atoms with Crippen LogP contribution in [0.5, 0.6) is 0 Å². The van der Waals surface area contributed by atoms with Crippen LogP contribution in [0.25, 0.3) is 0 Å². The van der Waals surface area contributed by atoms with Gasteiger partial charge in [-0.15, -0.1) is 5.10 Å². The summed E-state index contributed by atoms with van der Waals surface area (Å²) in [6.07, 6.45) is 4.48. The minimum atomic E-state index is -0.0985. The number of likely N-dealkylation sites (tertiary alicyclic amines) is 1. The first-order valence-corrected chi connectivity index (χ1v) is 5.67. The second-order valence-corrected chi connectivity index (χ2v) is 4.24. The van der Waals surface area contributed by atoms with Gasteiger partial charge in [0.15, 0.2) is 0 Å². The van der Waals surface area contributed by atoms with Crippen LogP contribution in [0.15, 0.2) is 0 Å².